The zero-order valence-corrected chi connectivity index (χ0v) is 10.4. The van der Waals surface area contributed by atoms with Gasteiger partial charge in [-0.2, -0.15) is 0 Å². The van der Waals surface area contributed by atoms with E-state index in [9.17, 15) is 5.11 Å². The maximum atomic E-state index is 10.1. The standard InChI is InChI=1S/C16H10OS/c17-14-9-10-5-6-15-13(7-8-18-15)16(10)12-4-2-1-3-11(12)14/h1-9,17H. The molecule has 18 heavy (non-hydrogen) atoms. The molecule has 0 fully saturated rings. The van der Waals surface area contributed by atoms with Crippen molar-refractivity contribution < 1.29 is 5.11 Å². The van der Waals surface area contributed by atoms with Crippen LogP contribution < -0.4 is 0 Å². The maximum Gasteiger partial charge on any atom is 0.124 e. The fraction of sp³-hybridized carbons (Fsp3) is 0. The number of hydrogen-bond acceptors (Lipinski definition) is 2. The molecule has 1 N–H and O–H groups in total. The Morgan fingerprint density at radius 2 is 1.67 bits per heavy atom. The molecule has 2 heteroatoms. The Morgan fingerprint density at radius 1 is 0.833 bits per heavy atom. The highest BCUT2D eigenvalue weighted by Gasteiger charge is 2.08. The van der Waals surface area contributed by atoms with Crippen LogP contribution in [0, 0.1) is 0 Å². The molecule has 0 radical (unpaired) electrons. The average Bonchev–Trinajstić information content (AvgIpc) is 2.87. The maximum absolute atomic E-state index is 10.1. The average molecular weight is 250 g/mol. The van der Waals surface area contributed by atoms with E-state index in [-0.39, 0.29) is 0 Å². The fourth-order valence-corrected chi connectivity index (χ4v) is 3.43. The molecule has 0 aliphatic heterocycles. The van der Waals surface area contributed by atoms with E-state index in [4.69, 9.17) is 0 Å². The van der Waals surface area contributed by atoms with Crippen LogP contribution >= 0.6 is 11.3 Å². The van der Waals surface area contributed by atoms with Crippen molar-refractivity contribution in [1.29, 1.82) is 0 Å². The quantitative estimate of drug-likeness (QED) is 0.439. The van der Waals surface area contributed by atoms with Crippen LogP contribution in [0.1, 0.15) is 0 Å². The van der Waals surface area contributed by atoms with Gasteiger partial charge in [0.2, 0.25) is 0 Å². The molecular weight excluding hydrogens is 240 g/mol. The highest BCUT2D eigenvalue weighted by molar-refractivity contribution is 7.17. The summed E-state index contributed by atoms with van der Waals surface area (Å²) in [5, 5.41) is 17.9. The number of fused-ring (bicyclic) bond motifs is 5. The molecule has 0 aliphatic carbocycles. The highest BCUT2D eigenvalue weighted by atomic mass is 32.1. The van der Waals surface area contributed by atoms with Gasteiger partial charge >= 0.3 is 0 Å². The van der Waals surface area contributed by atoms with E-state index in [1.54, 1.807) is 11.3 Å². The first kappa shape index (κ1) is 9.92. The first-order chi connectivity index (χ1) is 8.84. The van der Waals surface area contributed by atoms with Crippen molar-refractivity contribution in [2.24, 2.45) is 0 Å². The molecule has 0 aliphatic rings. The van der Waals surface area contributed by atoms with E-state index < -0.39 is 0 Å². The molecule has 1 nitrogen and oxygen atoms in total. The Morgan fingerprint density at radius 3 is 2.56 bits per heavy atom. The molecule has 3 aromatic carbocycles. The lowest BCUT2D eigenvalue weighted by molar-refractivity contribution is 0.482. The number of thiophene rings is 1. The summed E-state index contributed by atoms with van der Waals surface area (Å²) < 4.78 is 1.29. The van der Waals surface area contributed by atoms with Crippen molar-refractivity contribution in [3.63, 3.8) is 0 Å². The van der Waals surface area contributed by atoms with Gasteiger partial charge in [0.1, 0.15) is 5.75 Å². The zero-order valence-electron chi connectivity index (χ0n) is 9.55. The van der Waals surface area contributed by atoms with Gasteiger partial charge in [0.25, 0.3) is 0 Å². The zero-order chi connectivity index (χ0) is 12.1. The van der Waals surface area contributed by atoms with Crippen molar-refractivity contribution in [1.82, 2.24) is 0 Å². The number of aromatic hydroxyl groups is 1. The summed E-state index contributed by atoms with van der Waals surface area (Å²) >= 11 is 1.75. The Balaban J connectivity index is 2.41. The largest absolute Gasteiger partial charge is 0.507 e. The van der Waals surface area contributed by atoms with Gasteiger partial charge in [-0.1, -0.05) is 30.3 Å². The van der Waals surface area contributed by atoms with E-state index in [1.807, 2.05) is 24.3 Å². The van der Waals surface area contributed by atoms with Gasteiger partial charge in [0, 0.05) is 15.5 Å². The minimum atomic E-state index is 0.354. The molecule has 1 aromatic heterocycles. The van der Waals surface area contributed by atoms with Crippen LogP contribution in [0.2, 0.25) is 0 Å². The highest BCUT2D eigenvalue weighted by Crippen LogP contribution is 2.38. The molecule has 86 valence electrons. The van der Waals surface area contributed by atoms with Gasteiger partial charge in [-0.15, -0.1) is 11.3 Å². The van der Waals surface area contributed by atoms with Gasteiger partial charge in [-0.05, 0) is 39.7 Å². The topological polar surface area (TPSA) is 20.2 Å². The lowest BCUT2D eigenvalue weighted by atomic mass is 9.99. The second kappa shape index (κ2) is 3.47. The van der Waals surface area contributed by atoms with E-state index in [0.717, 1.165) is 16.2 Å². The second-order valence-corrected chi connectivity index (χ2v) is 5.39. The van der Waals surface area contributed by atoms with Gasteiger partial charge in [-0.25, -0.2) is 0 Å². The van der Waals surface area contributed by atoms with Crippen LogP contribution in [-0.4, -0.2) is 5.11 Å². The third kappa shape index (κ3) is 1.21. The number of phenolic OH excluding ortho intramolecular Hbond substituents is 1. The number of phenols is 1. The minimum absolute atomic E-state index is 0.354. The Bertz CT molecular complexity index is 889. The normalized spacial score (nSPS) is 11.6. The van der Waals surface area contributed by atoms with Crippen LogP contribution in [0.15, 0.2) is 53.9 Å². The van der Waals surface area contributed by atoms with Crippen LogP contribution in [0.4, 0.5) is 0 Å². The first-order valence-corrected chi connectivity index (χ1v) is 6.73. The molecule has 0 atom stereocenters. The van der Waals surface area contributed by atoms with Crippen molar-refractivity contribution >= 4 is 43.0 Å². The van der Waals surface area contributed by atoms with Gasteiger partial charge < -0.3 is 5.11 Å². The molecule has 1 heterocycles. The lowest BCUT2D eigenvalue weighted by Crippen LogP contribution is -1.79. The lowest BCUT2D eigenvalue weighted by Gasteiger charge is -2.07. The van der Waals surface area contributed by atoms with E-state index in [0.29, 0.717) is 5.75 Å². The van der Waals surface area contributed by atoms with Gasteiger partial charge in [0.15, 0.2) is 0 Å². The molecule has 4 rings (SSSR count). The van der Waals surface area contributed by atoms with Crippen molar-refractivity contribution in [2.75, 3.05) is 0 Å². The van der Waals surface area contributed by atoms with E-state index >= 15 is 0 Å². The molecular formula is C16H10OS. The predicted octanol–water partition coefficient (Wildman–Crippen LogP) is 4.91. The summed E-state index contributed by atoms with van der Waals surface area (Å²) in [5.74, 6) is 0.354. The number of benzene rings is 3. The Hall–Kier alpha value is -2.06. The van der Waals surface area contributed by atoms with Crippen LogP contribution in [0.3, 0.4) is 0 Å². The van der Waals surface area contributed by atoms with Gasteiger partial charge in [0.05, 0.1) is 0 Å². The second-order valence-electron chi connectivity index (χ2n) is 4.44. The SMILES string of the molecule is Oc1cc2ccc3sccc3c2c2ccccc12. The van der Waals surface area contributed by atoms with Crippen LogP contribution in [-0.2, 0) is 0 Å². The Labute approximate surface area is 108 Å². The van der Waals surface area contributed by atoms with Gasteiger partial charge in [-0.3, -0.25) is 0 Å². The fourth-order valence-electron chi connectivity index (χ4n) is 2.63. The molecule has 0 unspecified atom stereocenters. The van der Waals surface area contributed by atoms with E-state index in [2.05, 4.69) is 29.6 Å². The summed E-state index contributed by atoms with van der Waals surface area (Å²) in [4.78, 5) is 0. The monoisotopic (exact) mass is 250 g/mol. The molecule has 4 aromatic rings. The van der Waals surface area contributed by atoms with Crippen molar-refractivity contribution in [3.8, 4) is 5.75 Å². The molecule has 0 bridgehead atoms. The summed E-state index contributed by atoms with van der Waals surface area (Å²) in [5.41, 5.74) is 0. The molecule has 0 saturated heterocycles. The first-order valence-electron chi connectivity index (χ1n) is 5.85. The summed E-state index contributed by atoms with van der Waals surface area (Å²) in [6, 6.07) is 16.2. The summed E-state index contributed by atoms with van der Waals surface area (Å²) in [6.07, 6.45) is 0. The Kier molecular flexibility index (Phi) is 1.91. The third-order valence-corrected chi connectivity index (χ3v) is 4.31. The van der Waals surface area contributed by atoms with Crippen LogP contribution in [0.5, 0.6) is 5.75 Å². The molecule has 0 saturated carbocycles. The number of hydrogen-bond donors (Lipinski definition) is 1. The summed E-state index contributed by atoms with van der Waals surface area (Å²) in [7, 11) is 0. The molecule has 0 spiro atoms. The smallest absolute Gasteiger partial charge is 0.124 e. The van der Waals surface area contributed by atoms with E-state index in [1.165, 1.54) is 15.5 Å². The predicted molar refractivity (Wildman–Crippen MR) is 78.5 cm³/mol. The minimum Gasteiger partial charge on any atom is -0.507 e. The molecule has 0 amide bonds. The number of rotatable bonds is 0. The van der Waals surface area contributed by atoms with Crippen LogP contribution in [0.25, 0.3) is 31.6 Å². The third-order valence-electron chi connectivity index (χ3n) is 3.43. The van der Waals surface area contributed by atoms with Crippen molar-refractivity contribution in [2.45, 2.75) is 0 Å². The van der Waals surface area contributed by atoms with Crippen molar-refractivity contribution in [3.05, 3.63) is 53.9 Å². The summed E-state index contributed by atoms with van der Waals surface area (Å²) in [6.45, 7) is 0.